The molecule has 0 saturated heterocycles. The molecule has 0 amide bonds. The maximum atomic E-state index is 10.1. The minimum absolute atomic E-state index is 0.248. The molecule has 8 heteroatoms. The van der Waals surface area contributed by atoms with Crippen LogP contribution >= 0.6 is 47.8 Å². The summed E-state index contributed by atoms with van der Waals surface area (Å²) in [4.78, 5) is 0. The van der Waals surface area contributed by atoms with Gasteiger partial charge in [-0.2, -0.15) is 0 Å². The van der Waals surface area contributed by atoms with Gasteiger partial charge in [0.25, 0.3) is 0 Å². The van der Waals surface area contributed by atoms with Crippen molar-refractivity contribution in [3.63, 3.8) is 0 Å². The van der Waals surface area contributed by atoms with Gasteiger partial charge in [-0.15, -0.1) is 0 Å². The lowest BCUT2D eigenvalue weighted by atomic mass is 9.79. The average Bonchev–Trinajstić information content (AvgIpc) is 2.97. The number of rotatable bonds is 2. The summed E-state index contributed by atoms with van der Waals surface area (Å²) in [6.45, 7) is 0. The van der Waals surface area contributed by atoms with Gasteiger partial charge in [0.15, 0.2) is 0 Å². The number of halogens is 3. The molecule has 0 heterocycles. The molecule has 6 aromatic carbocycles. The standard InChI is InChI=1S/C16H11BrO.C10H9BO2.C6H4Br2O/c17-15-7-3-6-14(16(15)18)13-9-8-11-4-1-2-5-12(11)10-13;12-11(13)10-6-5-8-3-1-2-4-9(8)7-10;7-4-2-1-3-5(8)6(4)9/h1-10,18H;1-7,12-13H;1-3,9H. The van der Waals surface area contributed by atoms with Gasteiger partial charge in [-0.3, -0.25) is 0 Å². The molecule has 0 bridgehead atoms. The summed E-state index contributed by atoms with van der Waals surface area (Å²) in [6.07, 6.45) is 0. The molecular formula is C32H24BBr3O4. The first-order valence-electron chi connectivity index (χ1n) is 12.2. The smallest absolute Gasteiger partial charge is 0.488 e. The van der Waals surface area contributed by atoms with Crippen LogP contribution in [0.2, 0.25) is 0 Å². The summed E-state index contributed by atoms with van der Waals surface area (Å²) in [5.74, 6) is 0.533. The van der Waals surface area contributed by atoms with Crippen molar-refractivity contribution in [2.45, 2.75) is 0 Å². The first-order valence-corrected chi connectivity index (χ1v) is 14.6. The maximum Gasteiger partial charge on any atom is 0.488 e. The summed E-state index contributed by atoms with van der Waals surface area (Å²) in [5.41, 5.74) is 2.39. The predicted octanol–water partition coefficient (Wildman–Crippen LogP) is 8.41. The van der Waals surface area contributed by atoms with Crippen LogP contribution in [0.25, 0.3) is 32.7 Å². The summed E-state index contributed by atoms with van der Waals surface area (Å²) in [6, 6.07) is 38.7. The van der Waals surface area contributed by atoms with Crippen molar-refractivity contribution >= 4 is 81.9 Å². The molecule has 4 nitrogen and oxygen atoms in total. The van der Waals surface area contributed by atoms with Crippen molar-refractivity contribution < 1.29 is 20.3 Å². The van der Waals surface area contributed by atoms with E-state index >= 15 is 0 Å². The van der Waals surface area contributed by atoms with E-state index in [0.29, 0.717) is 18.9 Å². The first kappa shape index (κ1) is 29.8. The van der Waals surface area contributed by atoms with E-state index in [-0.39, 0.29) is 11.5 Å². The van der Waals surface area contributed by atoms with E-state index in [2.05, 4.69) is 72.1 Å². The second kappa shape index (κ2) is 14.0. The van der Waals surface area contributed by atoms with Gasteiger partial charge < -0.3 is 20.3 Å². The van der Waals surface area contributed by atoms with E-state index in [0.717, 1.165) is 21.9 Å². The third-order valence-corrected chi connectivity index (χ3v) is 7.98. The number of phenols is 2. The number of benzene rings is 6. The molecule has 6 aromatic rings. The largest absolute Gasteiger partial charge is 0.506 e. The van der Waals surface area contributed by atoms with E-state index in [1.807, 2.05) is 72.8 Å². The van der Waals surface area contributed by atoms with Crippen LogP contribution in [0.4, 0.5) is 0 Å². The number of aromatic hydroxyl groups is 2. The Labute approximate surface area is 258 Å². The molecule has 40 heavy (non-hydrogen) atoms. The van der Waals surface area contributed by atoms with Gasteiger partial charge in [-0.1, -0.05) is 97.1 Å². The Morgan fingerprint density at radius 3 is 1.48 bits per heavy atom. The molecule has 0 spiro atoms. The predicted molar refractivity (Wildman–Crippen MR) is 176 cm³/mol. The Balaban J connectivity index is 0.000000148. The zero-order valence-corrected chi connectivity index (χ0v) is 25.8. The fourth-order valence-corrected chi connectivity index (χ4v) is 5.33. The Hall–Kier alpha value is -3.14. The minimum Gasteiger partial charge on any atom is -0.506 e. The van der Waals surface area contributed by atoms with E-state index in [9.17, 15) is 5.11 Å². The molecule has 0 aliphatic heterocycles. The fraction of sp³-hybridized carbons (Fsp3) is 0. The molecule has 200 valence electrons. The fourth-order valence-electron chi connectivity index (χ4n) is 3.96. The molecule has 0 aromatic heterocycles. The van der Waals surface area contributed by atoms with Crippen LogP contribution in [0, 0.1) is 0 Å². The van der Waals surface area contributed by atoms with E-state index in [1.54, 1.807) is 24.3 Å². The SMILES string of the molecule is OB(O)c1ccc2ccccc2c1.Oc1c(Br)cccc1-c1ccc2ccccc2c1.Oc1c(Br)cccc1Br. The highest BCUT2D eigenvalue weighted by Gasteiger charge is 2.10. The third-order valence-electron chi connectivity index (χ3n) is 6.06. The first-order chi connectivity index (χ1) is 19.2. The Bertz CT molecular complexity index is 1740. The molecule has 0 aliphatic carbocycles. The summed E-state index contributed by atoms with van der Waals surface area (Å²) in [7, 11) is -1.38. The lowest BCUT2D eigenvalue weighted by Crippen LogP contribution is -2.29. The summed E-state index contributed by atoms with van der Waals surface area (Å²) < 4.78 is 2.13. The van der Waals surface area contributed by atoms with Crippen molar-refractivity contribution in [2.75, 3.05) is 0 Å². The molecule has 0 saturated carbocycles. The second-order valence-electron chi connectivity index (χ2n) is 8.75. The van der Waals surface area contributed by atoms with Crippen molar-refractivity contribution in [1.82, 2.24) is 0 Å². The van der Waals surface area contributed by atoms with Crippen LogP contribution in [-0.4, -0.2) is 27.4 Å². The monoisotopic (exact) mass is 720 g/mol. The number of para-hydroxylation sites is 2. The highest BCUT2D eigenvalue weighted by Crippen LogP contribution is 2.36. The third kappa shape index (κ3) is 7.53. The topological polar surface area (TPSA) is 80.9 Å². The molecule has 0 unspecified atom stereocenters. The number of hydrogen-bond acceptors (Lipinski definition) is 4. The zero-order valence-electron chi connectivity index (χ0n) is 21.0. The van der Waals surface area contributed by atoms with Gasteiger partial charge in [-0.05, 0) is 105 Å². The van der Waals surface area contributed by atoms with Crippen LogP contribution < -0.4 is 5.46 Å². The van der Waals surface area contributed by atoms with Crippen LogP contribution in [0.5, 0.6) is 11.5 Å². The maximum absolute atomic E-state index is 10.1. The van der Waals surface area contributed by atoms with Gasteiger partial charge >= 0.3 is 7.12 Å². The van der Waals surface area contributed by atoms with Crippen LogP contribution in [-0.2, 0) is 0 Å². The van der Waals surface area contributed by atoms with E-state index in [4.69, 9.17) is 15.2 Å². The van der Waals surface area contributed by atoms with Crippen molar-refractivity contribution in [3.8, 4) is 22.6 Å². The molecule has 0 aliphatic rings. The summed E-state index contributed by atoms with van der Waals surface area (Å²) in [5, 5.41) is 41.6. The van der Waals surface area contributed by atoms with Crippen LogP contribution in [0.3, 0.4) is 0 Å². The number of fused-ring (bicyclic) bond motifs is 2. The summed E-state index contributed by atoms with van der Waals surface area (Å²) >= 11 is 9.68. The van der Waals surface area contributed by atoms with Crippen LogP contribution in [0.15, 0.2) is 135 Å². The van der Waals surface area contributed by atoms with Gasteiger partial charge in [0.05, 0.1) is 13.4 Å². The van der Waals surface area contributed by atoms with Crippen molar-refractivity contribution in [1.29, 1.82) is 0 Å². The second-order valence-corrected chi connectivity index (χ2v) is 11.3. The molecule has 0 atom stereocenters. The van der Waals surface area contributed by atoms with Crippen molar-refractivity contribution in [3.05, 3.63) is 135 Å². The van der Waals surface area contributed by atoms with Gasteiger partial charge in [-0.25, -0.2) is 0 Å². The minimum atomic E-state index is -1.38. The van der Waals surface area contributed by atoms with Gasteiger partial charge in [0, 0.05) is 5.56 Å². The average molecular weight is 723 g/mol. The normalized spacial score (nSPS) is 10.3. The van der Waals surface area contributed by atoms with Crippen LogP contribution in [0.1, 0.15) is 0 Å². The lowest BCUT2D eigenvalue weighted by molar-refractivity contribution is 0.426. The molecule has 6 rings (SSSR count). The zero-order chi connectivity index (χ0) is 28.6. The number of hydrogen-bond donors (Lipinski definition) is 4. The van der Waals surface area contributed by atoms with E-state index in [1.165, 1.54) is 10.8 Å². The van der Waals surface area contributed by atoms with Gasteiger partial charge in [0.1, 0.15) is 11.5 Å². The highest BCUT2D eigenvalue weighted by atomic mass is 79.9. The molecule has 0 fully saturated rings. The Kier molecular flexibility index (Phi) is 10.4. The quantitative estimate of drug-likeness (QED) is 0.135. The molecule has 0 radical (unpaired) electrons. The molecule has 4 N–H and O–H groups in total. The Morgan fingerprint density at radius 2 is 0.925 bits per heavy atom. The highest BCUT2D eigenvalue weighted by molar-refractivity contribution is 9.11. The Morgan fingerprint density at radius 1 is 0.450 bits per heavy atom. The van der Waals surface area contributed by atoms with Gasteiger partial charge in [0.2, 0.25) is 0 Å². The lowest BCUT2D eigenvalue weighted by Gasteiger charge is -2.07. The van der Waals surface area contributed by atoms with E-state index < -0.39 is 7.12 Å². The molecular weight excluding hydrogens is 699 g/mol. The number of phenolic OH excluding ortho intramolecular Hbond substituents is 2. The van der Waals surface area contributed by atoms with Crippen molar-refractivity contribution in [2.24, 2.45) is 0 Å².